The lowest BCUT2D eigenvalue weighted by Crippen LogP contribution is -2.23. The van der Waals surface area contributed by atoms with E-state index in [-0.39, 0.29) is 0 Å². The molecule has 1 aliphatic carbocycles. The molecule has 1 saturated carbocycles. The van der Waals surface area contributed by atoms with Crippen LogP contribution in [0, 0.1) is 0 Å². The number of nitrogens with one attached hydrogen (secondary N) is 1. The Kier molecular flexibility index (Phi) is 3.40. The van der Waals surface area contributed by atoms with Crippen LogP contribution in [0.3, 0.4) is 0 Å². The van der Waals surface area contributed by atoms with Crippen LogP contribution in [-0.2, 0) is 16.6 Å². The molecule has 1 atom stereocenters. The maximum atomic E-state index is 5.38. The molecule has 1 aromatic carbocycles. The summed E-state index contributed by atoms with van der Waals surface area (Å²) in [5.41, 5.74) is 3.31. The first-order valence-electron chi connectivity index (χ1n) is 7.14. The maximum Gasteiger partial charge on any atom is 0.0559 e. The predicted molar refractivity (Wildman–Crippen MR) is 74.0 cm³/mol. The third-order valence-electron chi connectivity index (χ3n) is 4.46. The van der Waals surface area contributed by atoms with Gasteiger partial charge in [0.1, 0.15) is 0 Å². The van der Waals surface area contributed by atoms with E-state index in [1.165, 1.54) is 49.8 Å². The van der Waals surface area contributed by atoms with Gasteiger partial charge in [0.15, 0.2) is 0 Å². The largest absolute Gasteiger partial charge is 0.384 e. The highest BCUT2D eigenvalue weighted by molar-refractivity contribution is 5.35. The van der Waals surface area contributed by atoms with E-state index < -0.39 is 0 Å². The van der Waals surface area contributed by atoms with Crippen molar-refractivity contribution in [2.75, 3.05) is 20.3 Å². The number of benzene rings is 1. The summed E-state index contributed by atoms with van der Waals surface area (Å²) in [4.78, 5) is 0. The van der Waals surface area contributed by atoms with Crippen LogP contribution < -0.4 is 5.32 Å². The van der Waals surface area contributed by atoms with Crippen LogP contribution in [0.5, 0.6) is 0 Å². The van der Waals surface area contributed by atoms with Gasteiger partial charge in [0, 0.05) is 18.6 Å². The first kappa shape index (κ1) is 12.2. The first-order chi connectivity index (χ1) is 8.82. The van der Waals surface area contributed by atoms with E-state index in [1.54, 1.807) is 0 Å². The van der Waals surface area contributed by atoms with E-state index in [1.807, 2.05) is 7.11 Å². The standard InChI is InChI=1S/C16H23NO/c1-18-12-16(7-8-16)14-5-2-4-13(10-14)11-15-6-3-9-17-15/h2,4-5,10,15,17H,3,6-9,11-12H2,1H3. The van der Waals surface area contributed by atoms with Gasteiger partial charge in [-0.05, 0) is 49.8 Å². The summed E-state index contributed by atoms with van der Waals surface area (Å²) in [5, 5.41) is 3.58. The maximum absolute atomic E-state index is 5.38. The summed E-state index contributed by atoms with van der Waals surface area (Å²) in [6.07, 6.45) is 6.40. The lowest BCUT2D eigenvalue weighted by Gasteiger charge is -2.17. The SMILES string of the molecule is COCC1(c2cccc(CC3CCCN3)c2)CC1. The Bertz CT molecular complexity index is 405. The molecule has 1 heterocycles. The highest BCUT2D eigenvalue weighted by Gasteiger charge is 2.44. The molecule has 1 N–H and O–H groups in total. The topological polar surface area (TPSA) is 21.3 Å². The number of rotatable bonds is 5. The molecule has 0 radical (unpaired) electrons. The molecule has 0 aromatic heterocycles. The van der Waals surface area contributed by atoms with Crippen LogP contribution in [-0.4, -0.2) is 26.3 Å². The monoisotopic (exact) mass is 245 g/mol. The fourth-order valence-electron chi connectivity index (χ4n) is 3.19. The van der Waals surface area contributed by atoms with Crippen molar-refractivity contribution < 1.29 is 4.74 Å². The van der Waals surface area contributed by atoms with E-state index in [2.05, 4.69) is 29.6 Å². The molecule has 2 nitrogen and oxygen atoms in total. The van der Waals surface area contributed by atoms with Crippen molar-refractivity contribution >= 4 is 0 Å². The number of ether oxygens (including phenoxy) is 1. The van der Waals surface area contributed by atoms with Crippen molar-refractivity contribution in [2.45, 2.75) is 43.6 Å². The third kappa shape index (κ3) is 2.45. The average Bonchev–Trinajstić information content (AvgIpc) is 2.99. The Labute approximate surface area is 110 Å². The minimum Gasteiger partial charge on any atom is -0.384 e. The summed E-state index contributed by atoms with van der Waals surface area (Å²) < 4.78 is 5.38. The summed E-state index contributed by atoms with van der Waals surface area (Å²) in [6.45, 7) is 2.07. The van der Waals surface area contributed by atoms with E-state index >= 15 is 0 Å². The highest BCUT2D eigenvalue weighted by atomic mass is 16.5. The summed E-state index contributed by atoms with van der Waals surface area (Å²) in [7, 11) is 1.81. The number of methoxy groups -OCH3 is 1. The molecule has 98 valence electrons. The molecule has 3 rings (SSSR count). The number of hydrogen-bond donors (Lipinski definition) is 1. The van der Waals surface area contributed by atoms with Gasteiger partial charge in [-0.15, -0.1) is 0 Å². The van der Waals surface area contributed by atoms with E-state index in [0.717, 1.165) is 6.61 Å². The highest BCUT2D eigenvalue weighted by Crippen LogP contribution is 2.48. The molecule has 0 amide bonds. The fourth-order valence-corrected chi connectivity index (χ4v) is 3.19. The molecule has 18 heavy (non-hydrogen) atoms. The summed E-state index contributed by atoms with van der Waals surface area (Å²) >= 11 is 0. The van der Waals surface area contributed by atoms with Gasteiger partial charge < -0.3 is 10.1 Å². The summed E-state index contributed by atoms with van der Waals surface area (Å²) in [6, 6.07) is 9.86. The Morgan fingerprint density at radius 2 is 2.28 bits per heavy atom. The van der Waals surface area contributed by atoms with Crippen molar-refractivity contribution in [1.82, 2.24) is 5.32 Å². The fraction of sp³-hybridized carbons (Fsp3) is 0.625. The van der Waals surface area contributed by atoms with Crippen molar-refractivity contribution in [1.29, 1.82) is 0 Å². The molecule has 1 aliphatic heterocycles. The second-order valence-electron chi connectivity index (χ2n) is 5.91. The molecular weight excluding hydrogens is 222 g/mol. The summed E-state index contributed by atoms with van der Waals surface area (Å²) in [5.74, 6) is 0. The second-order valence-corrected chi connectivity index (χ2v) is 5.91. The van der Waals surface area contributed by atoms with Crippen LogP contribution in [0.4, 0.5) is 0 Å². The van der Waals surface area contributed by atoms with Crippen LogP contribution in [0.2, 0.25) is 0 Å². The minimum absolute atomic E-state index is 0.341. The lowest BCUT2D eigenvalue weighted by atomic mass is 9.93. The second kappa shape index (κ2) is 5.02. The third-order valence-corrected chi connectivity index (χ3v) is 4.46. The van der Waals surface area contributed by atoms with E-state index in [0.29, 0.717) is 11.5 Å². The van der Waals surface area contributed by atoms with Crippen molar-refractivity contribution in [2.24, 2.45) is 0 Å². The van der Waals surface area contributed by atoms with Crippen molar-refractivity contribution in [3.05, 3.63) is 35.4 Å². The molecule has 2 fully saturated rings. The Hall–Kier alpha value is -0.860. The zero-order chi connectivity index (χ0) is 12.4. The zero-order valence-electron chi connectivity index (χ0n) is 11.2. The van der Waals surface area contributed by atoms with Gasteiger partial charge in [-0.25, -0.2) is 0 Å². The van der Waals surface area contributed by atoms with Gasteiger partial charge in [0.05, 0.1) is 6.61 Å². The van der Waals surface area contributed by atoms with Crippen LogP contribution >= 0.6 is 0 Å². The molecule has 0 spiro atoms. The molecule has 1 saturated heterocycles. The van der Waals surface area contributed by atoms with Crippen molar-refractivity contribution in [3.8, 4) is 0 Å². The Morgan fingerprint density at radius 3 is 2.94 bits per heavy atom. The smallest absolute Gasteiger partial charge is 0.0559 e. The van der Waals surface area contributed by atoms with Gasteiger partial charge in [-0.1, -0.05) is 24.3 Å². The van der Waals surface area contributed by atoms with Gasteiger partial charge in [0.2, 0.25) is 0 Å². The zero-order valence-corrected chi connectivity index (χ0v) is 11.2. The molecular formula is C16H23NO. The predicted octanol–water partition coefficient (Wildman–Crippen LogP) is 2.66. The first-order valence-corrected chi connectivity index (χ1v) is 7.14. The normalized spacial score (nSPS) is 25.3. The average molecular weight is 245 g/mol. The minimum atomic E-state index is 0.341. The van der Waals surface area contributed by atoms with Gasteiger partial charge in [-0.2, -0.15) is 0 Å². The number of hydrogen-bond acceptors (Lipinski definition) is 2. The van der Waals surface area contributed by atoms with Crippen molar-refractivity contribution in [3.63, 3.8) is 0 Å². The Morgan fingerprint density at radius 1 is 1.39 bits per heavy atom. The molecule has 1 aromatic rings. The van der Waals surface area contributed by atoms with Gasteiger partial charge in [-0.3, -0.25) is 0 Å². The molecule has 1 unspecified atom stereocenters. The van der Waals surface area contributed by atoms with E-state index in [9.17, 15) is 0 Å². The molecule has 2 heteroatoms. The lowest BCUT2D eigenvalue weighted by molar-refractivity contribution is 0.171. The van der Waals surface area contributed by atoms with Crippen LogP contribution in [0.15, 0.2) is 24.3 Å². The van der Waals surface area contributed by atoms with Crippen LogP contribution in [0.25, 0.3) is 0 Å². The quantitative estimate of drug-likeness (QED) is 0.861. The molecule has 2 aliphatic rings. The van der Waals surface area contributed by atoms with Crippen LogP contribution in [0.1, 0.15) is 36.8 Å². The van der Waals surface area contributed by atoms with E-state index in [4.69, 9.17) is 4.74 Å². The van der Waals surface area contributed by atoms with Gasteiger partial charge >= 0.3 is 0 Å². The Balaban J connectivity index is 1.72. The van der Waals surface area contributed by atoms with Gasteiger partial charge in [0.25, 0.3) is 0 Å². The molecule has 0 bridgehead atoms.